The zero-order valence-corrected chi connectivity index (χ0v) is 25.7. The number of carbonyl (C=O) groups is 2. The van der Waals surface area contributed by atoms with Crippen molar-refractivity contribution in [2.24, 2.45) is 0 Å². The lowest BCUT2D eigenvalue weighted by molar-refractivity contribution is -0.116. The van der Waals surface area contributed by atoms with Crippen LogP contribution in [-0.2, 0) is 16.2 Å². The number of nitrogens with zero attached hydrogens (tertiary/aromatic N) is 1. The molecule has 3 aromatic carbocycles. The van der Waals surface area contributed by atoms with E-state index < -0.39 is 53.3 Å². The number of pyridine rings is 1. The van der Waals surface area contributed by atoms with E-state index in [9.17, 15) is 31.5 Å². The molecule has 0 spiro atoms. The Kier molecular flexibility index (Phi) is 8.99. The fourth-order valence-corrected chi connectivity index (χ4v) is 6.21. The van der Waals surface area contributed by atoms with E-state index in [1.165, 1.54) is 25.4 Å². The molecule has 1 amide bonds. The molecule has 0 fully saturated rings. The molecule has 7 nitrogen and oxygen atoms in total. The molecule has 6 rings (SSSR count). The molecule has 0 saturated carbocycles. The SMILES string of the molecule is COc1ccc([C@H]2C(C(=O)Nc3ccccn3)=C(C)NC3=C2C(=O)C[C@@H](c2ccccc2)C3)cc1COc1c(F)c(F)c(F)c(F)c1F. The number of Topliss-reactive ketones (excluding diaryl/α,β-unsaturated/α-hetero) is 1. The summed E-state index contributed by atoms with van der Waals surface area (Å²) >= 11 is 0. The number of methoxy groups -OCH3 is 1. The van der Waals surface area contributed by atoms with E-state index in [2.05, 4.69) is 15.6 Å². The van der Waals surface area contributed by atoms with Crippen LogP contribution in [0.3, 0.4) is 0 Å². The summed E-state index contributed by atoms with van der Waals surface area (Å²) in [6.07, 6.45) is 2.19. The Hall–Kier alpha value is -5.52. The standard InChI is InChI=1S/C36H28F5N3O4/c1-18-27(36(46)44-26-10-6-7-13-42-26)28(29-23(43-18)15-21(16-24(29)45)19-8-4-3-5-9-19)20-11-12-25(47-2)22(14-20)17-48-35-33(40)31(38)30(37)32(39)34(35)41/h3-14,21,28,43H,15-17H2,1-2H3,(H,42,44,46)/t21-,28-/m0/s1. The molecule has 1 aliphatic carbocycles. The van der Waals surface area contributed by atoms with Gasteiger partial charge in [-0.2, -0.15) is 8.78 Å². The Bertz CT molecular complexity index is 1950. The van der Waals surface area contributed by atoms with E-state index >= 15 is 0 Å². The van der Waals surface area contributed by atoms with Crippen molar-refractivity contribution < 1.29 is 41.0 Å². The number of amides is 1. The topological polar surface area (TPSA) is 89.5 Å². The van der Waals surface area contributed by atoms with Crippen molar-refractivity contribution in [2.75, 3.05) is 12.4 Å². The van der Waals surface area contributed by atoms with Gasteiger partial charge in [0.25, 0.3) is 5.91 Å². The van der Waals surface area contributed by atoms with E-state index in [1.54, 1.807) is 31.2 Å². The number of ether oxygens (including phenoxy) is 2. The molecular weight excluding hydrogens is 633 g/mol. The number of halogens is 5. The fraction of sp³-hybridized carbons (Fsp3) is 0.194. The van der Waals surface area contributed by atoms with E-state index in [0.29, 0.717) is 29.0 Å². The number of rotatable bonds is 8. The quantitative estimate of drug-likeness (QED) is 0.117. The number of carbonyl (C=O) groups excluding carboxylic acids is 2. The second-order valence-corrected chi connectivity index (χ2v) is 11.4. The number of allylic oxidation sites excluding steroid dienone is 3. The van der Waals surface area contributed by atoms with Crippen LogP contribution < -0.4 is 20.1 Å². The number of aromatic nitrogens is 1. The van der Waals surface area contributed by atoms with Crippen molar-refractivity contribution >= 4 is 17.5 Å². The van der Waals surface area contributed by atoms with Crippen LogP contribution in [0.15, 0.2) is 95.5 Å². The number of dihydropyridines is 1. The van der Waals surface area contributed by atoms with Gasteiger partial charge in [0.05, 0.1) is 7.11 Å². The summed E-state index contributed by atoms with van der Waals surface area (Å²) in [7, 11) is 1.33. The average Bonchev–Trinajstić information content (AvgIpc) is 3.09. The molecular formula is C36H28F5N3O4. The normalized spacial score (nSPS) is 17.5. The molecule has 2 atom stereocenters. The zero-order valence-electron chi connectivity index (χ0n) is 25.7. The smallest absolute Gasteiger partial charge is 0.255 e. The molecule has 246 valence electrons. The number of hydrogen-bond donors (Lipinski definition) is 2. The highest BCUT2D eigenvalue weighted by Crippen LogP contribution is 2.46. The summed E-state index contributed by atoms with van der Waals surface area (Å²) in [6.45, 7) is 1.05. The van der Waals surface area contributed by atoms with Crippen LogP contribution in [0.4, 0.5) is 27.8 Å². The summed E-state index contributed by atoms with van der Waals surface area (Å²) in [4.78, 5) is 32.1. The predicted octanol–water partition coefficient (Wildman–Crippen LogP) is 7.37. The van der Waals surface area contributed by atoms with Gasteiger partial charge in [0, 0.05) is 46.6 Å². The molecule has 2 aliphatic rings. The van der Waals surface area contributed by atoms with Gasteiger partial charge >= 0.3 is 0 Å². The van der Waals surface area contributed by atoms with Gasteiger partial charge in [-0.25, -0.2) is 18.2 Å². The van der Waals surface area contributed by atoms with Gasteiger partial charge in [0.2, 0.25) is 29.1 Å². The van der Waals surface area contributed by atoms with E-state index in [1.807, 2.05) is 30.3 Å². The van der Waals surface area contributed by atoms with Crippen molar-refractivity contribution in [2.45, 2.75) is 38.2 Å². The maximum atomic E-state index is 14.4. The highest BCUT2D eigenvalue weighted by atomic mass is 19.2. The second-order valence-electron chi connectivity index (χ2n) is 11.4. The molecule has 4 aromatic rings. The Balaban J connectivity index is 1.42. The van der Waals surface area contributed by atoms with Crippen molar-refractivity contribution in [3.63, 3.8) is 0 Å². The summed E-state index contributed by atoms with van der Waals surface area (Å²) < 4.78 is 80.7. The minimum absolute atomic E-state index is 0.108. The summed E-state index contributed by atoms with van der Waals surface area (Å²) in [5.41, 5.74) is 3.31. The fourth-order valence-electron chi connectivity index (χ4n) is 6.21. The molecule has 0 unspecified atom stereocenters. The minimum atomic E-state index is -2.31. The van der Waals surface area contributed by atoms with Gasteiger partial charge in [-0.1, -0.05) is 42.5 Å². The van der Waals surface area contributed by atoms with Gasteiger partial charge in [-0.3, -0.25) is 9.59 Å². The lowest BCUT2D eigenvalue weighted by Gasteiger charge is -2.37. The van der Waals surface area contributed by atoms with E-state index in [-0.39, 0.29) is 40.8 Å². The maximum Gasteiger partial charge on any atom is 0.255 e. The zero-order chi connectivity index (χ0) is 34.1. The molecule has 2 N–H and O–H groups in total. The van der Waals surface area contributed by atoms with Gasteiger partial charge < -0.3 is 20.1 Å². The Morgan fingerprint density at radius 3 is 2.25 bits per heavy atom. The van der Waals surface area contributed by atoms with Gasteiger partial charge in [-0.15, -0.1) is 0 Å². The van der Waals surface area contributed by atoms with Crippen molar-refractivity contribution in [3.8, 4) is 11.5 Å². The summed E-state index contributed by atoms with van der Waals surface area (Å²) in [6, 6.07) is 19.3. The van der Waals surface area contributed by atoms with E-state index in [4.69, 9.17) is 9.47 Å². The Morgan fingerprint density at radius 2 is 1.58 bits per heavy atom. The first-order chi connectivity index (χ1) is 23.1. The number of nitrogens with one attached hydrogen (secondary N) is 2. The third-order valence-corrected chi connectivity index (χ3v) is 8.43. The summed E-state index contributed by atoms with van der Waals surface area (Å²) in [5, 5.41) is 6.08. The maximum absolute atomic E-state index is 14.4. The van der Waals surface area contributed by atoms with E-state index in [0.717, 1.165) is 5.56 Å². The van der Waals surface area contributed by atoms with Crippen LogP contribution in [0.25, 0.3) is 0 Å². The average molecular weight is 662 g/mol. The summed E-state index contributed by atoms with van der Waals surface area (Å²) in [5.74, 6) is -13.6. The van der Waals surface area contributed by atoms with Crippen LogP contribution in [0, 0.1) is 29.1 Å². The highest BCUT2D eigenvalue weighted by Gasteiger charge is 2.41. The minimum Gasteiger partial charge on any atom is -0.496 e. The third kappa shape index (κ3) is 6.01. The number of benzene rings is 3. The monoisotopic (exact) mass is 661 g/mol. The van der Waals surface area contributed by atoms with Gasteiger partial charge in [-0.05, 0) is 54.7 Å². The molecule has 0 radical (unpaired) electrons. The number of anilines is 1. The first kappa shape index (κ1) is 32.4. The van der Waals surface area contributed by atoms with Crippen LogP contribution in [0.2, 0.25) is 0 Å². The highest BCUT2D eigenvalue weighted by molar-refractivity contribution is 6.09. The molecule has 0 saturated heterocycles. The third-order valence-electron chi connectivity index (χ3n) is 8.43. The second kappa shape index (κ2) is 13.3. The first-order valence-electron chi connectivity index (χ1n) is 14.9. The van der Waals surface area contributed by atoms with Crippen LogP contribution in [0.1, 0.15) is 48.3 Å². The lowest BCUT2D eigenvalue weighted by atomic mass is 9.71. The number of ketones is 1. The van der Waals surface area contributed by atoms with Crippen LogP contribution in [0.5, 0.6) is 11.5 Å². The van der Waals surface area contributed by atoms with Gasteiger partial charge in [0.1, 0.15) is 18.2 Å². The molecule has 48 heavy (non-hydrogen) atoms. The van der Waals surface area contributed by atoms with Gasteiger partial charge in [0.15, 0.2) is 11.5 Å². The molecule has 12 heteroatoms. The Morgan fingerprint density at radius 1 is 0.896 bits per heavy atom. The lowest BCUT2D eigenvalue weighted by Crippen LogP contribution is -2.37. The van der Waals surface area contributed by atoms with Crippen molar-refractivity contribution in [1.29, 1.82) is 0 Å². The first-order valence-corrected chi connectivity index (χ1v) is 14.9. The van der Waals surface area contributed by atoms with Crippen LogP contribution in [-0.4, -0.2) is 23.8 Å². The van der Waals surface area contributed by atoms with Crippen LogP contribution >= 0.6 is 0 Å². The predicted molar refractivity (Wildman–Crippen MR) is 165 cm³/mol. The molecule has 2 heterocycles. The molecule has 1 aromatic heterocycles. The molecule has 0 bridgehead atoms. The Labute approximate surface area is 272 Å². The van der Waals surface area contributed by atoms with Crippen molar-refractivity contribution in [3.05, 3.63) is 141 Å². The largest absolute Gasteiger partial charge is 0.496 e. The number of hydrogen-bond acceptors (Lipinski definition) is 6. The van der Waals surface area contributed by atoms with Crippen molar-refractivity contribution in [1.82, 2.24) is 10.3 Å². The molecule has 1 aliphatic heterocycles.